The molecule has 1 saturated carbocycles. The number of carboxylic acid groups (broad SMARTS) is 1. The number of rotatable bonds is 8. The first-order valence-electron chi connectivity index (χ1n) is 7.24. The summed E-state index contributed by atoms with van der Waals surface area (Å²) in [5, 5.41) is 12.6. The van der Waals surface area contributed by atoms with E-state index in [1.807, 2.05) is 6.92 Å². The second-order valence-electron chi connectivity index (χ2n) is 6.04. The smallest absolute Gasteiger partial charge is 0.323 e. The van der Waals surface area contributed by atoms with Gasteiger partial charge >= 0.3 is 5.97 Å². The summed E-state index contributed by atoms with van der Waals surface area (Å²) in [6.45, 7) is 5.07. The minimum Gasteiger partial charge on any atom is -0.480 e. The molecule has 5 heteroatoms. The Labute approximate surface area is 114 Å². The molecule has 1 heterocycles. The third kappa shape index (κ3) is 4.44. The summed E-state index contributed by atoms with van der Waals surface area (Å²) in [5.74, 6) is -0.799. The SMILES string of the molecule is CC(CC(C)(NC1CC1)C(=O)O)OCC1CCCO1. The highest BCUT2D eigenvalue weighted by Crippen LogP contribution is 2.26. The van der Waals surface area contributed by atoms with Gasteiger partial charge in [-0.05, 0) is 39.5 Å². The predicted octanol–water partition coefficient (Wildman–Crippen LogP) is 1.56. The van der Waals surface area contributed by atoms with E-state index >= 15 is 0 Å². The zero-order valence-corrected chi connectivity index (χ0v) is 11.9. The number of nitrogens with one attached hydrogen (secondary N) is 1. The average Bonchev–Trinajstić information content (AvgIpc) is 2.99. The van der Waals surface area contributed by atoms with Gasteiger partial charge in [0.25, 0.3) is 0 Å². The summed E-state index contributed by atoms with van der Waals surface area (Å²) < 4.78 is 11.2. The van der Waals surface area contributed by atoms with Gasteiger partial charge < -0.3 is 14.6 Å². The van der Waals surface area contributed by atoms with E-state index in [-0.39, 0.29) is 12.2 Å². The Bertz CT molecular complexity index is 313. The Kier molecular flexibility index (Phi) is 4.81. The van der Waals surface area contributed by atoms with Crippen molar-refractivity contribution in [2.45, 2.75) is 69.7 Å². The van der Waals surface area contributed by atoms with Crippen molar-refractivity contribution in [2.75, 3.05) is 13.2 Å². The summed E-state index contributed by atoms with van der Waals surface area (Å²) in [7, 11) is 0. The normalized spacial score (nSPS) is 28.0. The number of hydrogen-bond acceptors (Lipinski definition) is 4. The van der Waals surface area contributed by atoms with Crippen molar-refractivity contribution in [1.29, 1.82) is 0 Å². The molecule has 0 aromatic carbocycles. The molecule has 1 aliphatic heterocycles. The molecule has 2 N–H and O–H groups in total. The summed E-state index contributed by atoms with van der Waals surface area (Å²) in [6.07, 6.45) is 4.88. The van der Waals surface area contributed by atoms with Crippen molar-refractivity contribution in [3.8, 4) is 0 Å². The van der Waals surface area contributed by atoms with E-state index in [9.17, 15) is 9.90 Å². The topological polar surface area (TPSA) is 67.8 Å². The third-order valence-corrected chi connectivity index (χ3v) is 3.86. The van der Waals surface area contributed by atoms with E-state index in [4.69, 9.17) is 9.47 Å². The van der Waals surface area contributed by atoms with Gasteiger partial charge in [-0.1, -0.05) is 0 Å². The summed E-state index contributed by atoms with van der Waals surface area (Å²) >= 11 is 0. The van der Waals surface area contributed by atoms with Crippen LogP contribution >= 0.6 is 0 Å². The Morgan fingerprint density at radius 1 is 1.53 bits per heavy atom. The lowest BCUT2D eigenvalue weighted by molar-refractivity contribution is -0.146. The van der Waals surface area contributed by atoms with E-state index in [2.05, 4.69) is 5.32 Å². The summed E-state index contributed by atoms with van der Waals surface area (Å²) in [6, 6.07) is 0.367. The first kappa shape index (κ1) is 14.8. The van der Waals surface area contributed by atoms with Gasteiger partial charge in [-0.25, -0.2) is 0 Å². The Balaban J connectivity index is 1.76. The van der Waals surface area contributed by atoms with Crippen LogP contribution in [-0.4, -0.2) is 48.1 Å². The highest BCUT2D eigenvalue weighted by molar-refractivity contribution is 5.78. The van der Waals surface area contributed by atoms with Gasteiger partial charge in [0.15, 0.2) is 0 Å². The molecule has 2 aliphatic rings. The van der Waals surface area contributed by atoms with E-state index < -0.39 is 11.5 Å². The zero-order valence-electron chi connectivity index (χ0n) is 11.9. The maximum Gasteiger partial charge on any atom is 0.323 e. The van der Waals surface area contributed by atoms with Crippen LogP contribution in [0.25, 0.3) is 0 Å². The maximum absolute atomic E-state index is 11.4. The lowest BCUT2D eigenvalue weighted by Gasteiger charge is -2.29. The Morgan fingerprint density at radius 3 is 2.79 bits per heavy atom. The van der Waals surface area contributed by atoms with Gasteiger partial charge in [0, 0.05) is 19.1 Å². The lowest BCUT2D eigenvalue weighted by atomic mass is 9.94. The highest BCUT2D eigenvalue weighted by atomic mass is 16.5. The Morgan fingerprint density at radius 2 is 2.26 bits per heavy atom. The number of ether oxygens (including phenoxy) is 2. The van der Waals surface area contributed by atoms with Gasteiger partial charge in [-0.15, -0.1) is 0 Å². The van der Waals surface area contributed by atoms with Gasteiger partial charge in [-0.3, -0.25) is 10.1 Å². The van der Waals surface area contributed by atoms with Crippen LogP contribution in [0.1, 0.15) is 46.0 Å². The molecule has 0 aromatic rings. The molecular formula is C14H25NO4. The minimum absolute atomic E-state index is 0.0865. The molecule has 3 atom stereocenters. The first-order valence-corrected chi connectivity index (χ1v) is 7.24. The zero-order chi connectivity index (χ0) is 13.9. The fourth-order valence-electron chi connectivity index (χ4n) is 2.57. The fourth-order valence-corrected chi connectivity index (χ4v) is 2.57. The molecule has 1 saturated heterocycles. The minimum atomic E-state index is -0.892. The van der Waals surface area contributed by atoms with E-state index in [0.717, 1.165) is 32.3 Å². The molecule has 19 heavy (non-hydrogen) atoms. The molecule has 5 nitrogen and oxygen atoms in total. The van der Waals surface area contributed by atoms with Crippen molar-refractivity contribution in [2.24, 2.45) is 0 Å². The number of aliphatic carboxylic acids is 1. The molecule has 0 aromatic heterocycles. The van der Waals surface area contributed by atoms with Gasteiger partial charge in [0.1, 0.15) is 5.54 Å². The molecular weight excluding hydrogens is 246 g/mol. The summed E-state index contributed by atoms with van der Waals surface area (Å²) in [4.78, 5) is 11.4. The number of hydrogen-bond donors (Lipinski definition) is 2. The second kappa shape index (κ2) is 6.20. The maximum atomic E-state index is 11.4. The number of carboxylic acids is 1. The Hall–Kier alpha value is -0.650. The molecule has 1 aliphatic carbocycles. The van der Waals surface area contributed by atoms with Crippen molar-refractivity contribution < 1.29 is 19.4 Å². The first-order chi connectivity index (χ1) is 8.99. The van der Waals surface area contributed by atoms with Crippen molar-refractivity contribution >= 4 is 5.97 Å². The molecule has 2 rings (SSSR count). The van der Waals surface area contributed by atoms with E-state index in [1.54, 1.807) is 6.92 Å². The van der Waals surface area contributed by atoms with Crippen molar-refractivity contribution in [3.05, 3.63) is 0 Å². The van der Waals surface area contributed by atoms with Crippen LogP contribution in [0.15, 0.2) is 0 Å². The van der Waals surface area contributed by atoms with Crippen LogP contribution in [-0.2, 0) is 14.3 Å². The van der Waals surface area contributed by atoms with Crippen molar-refractivity contribution in [1.82, 2.24) is 5.32 Å². The molecule has 2 fully saturated rings. The molecule has 3 unspecified atom stereocenters. The van der Waals surface area contributed by atoms with Crippen molar-refractivity contribution in [3.63, 3.8) is 0 Å². The predicted molar refractivity (Wildman–Crippen MR) is 71.2 cm³/mol. The van der Waals surface area contributed by atoms with Gasteiger partial charge in [0.2, 0.25) is 0 Å². The molecule has 0 radical (unpaired) electrons. The standard InChI is InChI=1S/C14H25NO4/c1-10(19-9-12-4-3-7-18-12)8-14(2,13(16)17)15-11-5-6-11/h10-12,15H,3-9H2,1-2H3,(H,16,17). The molecule has 110 valence electrons. The van der Waals surface area contributed by atoms with E-state index in [1.165, 1.54) is 0 Å². The van der Waals surface area contributed by atoms with Crippen LogP contribution in [0.5, 0.6) is 0 Å². The van der Waals surface area contributed by atoms with Crippen LogP contribution in [0.4, 0.5) is 0 Å². The molecule has 0 bridgehead atoms. The lowest BCUT2D eigenvalue weighted by Crippen LogP contribution is -2.52. The largest absolute Gasteiger partial charge is 0.480 e. The van der Waals surface area contributed by atoms with Crippen LogP contribution in [0.3, 0.4) is 0 Å². The van der Waals surface area contributed by atoms with Gasteiger partial charge in [-0.2, -0.15) is 0 Å². The fraction of sp³-hybridized carbons (Fsp3) is 0.929. The van der Waals surface area contributed by atoms with Crippen LogP contribution < -0.4 is 5.32 Å². The number of carbonyl (C=O) groups is 1. The van der Waals surface area contributed by atoms with E-state index in [0.29, 0.717) is 19.1 Å². The average molecular weight is 271 g/mol. The van der Waals surface area contributed by atoms with Gasteiger partial charge in [0.05, 0.1) is 18.8 Å². The molecule has 0 spiro atoms. The van der Waals surface area contributed by atoms with Crippen LogP contribution in [0.2, 0.25) is 0 Å². The highest BCUT2D eigenvalue weighted by Gasteiger charge is 2.39. The monoisotopic (exact) mass is 271 g/mol. The molecule has 0 amide bonds. The van der Waals surface area contributed by atoms with Crippen LogP contribution in [0, 0.1) is 0 Å². The third-order valence-electron chi connectivity index (χ3n) is 3.86. The quantitative estimate of drug-likeness (QED) is 0.701. The second-order valence-corrected chi connectivity index (χ2v) is 6.04. The summed E-state index contributed by atoms with van der Waals surface area (Å²) in [5.41, 5.74) is -0.892.